The number of carbonyl (C=O) groups excluding carboxylic acids is 1. The van der Waals surface area contributed by atoms with Crippen LogP contribution in [-0.4, -0.2) is 35.6 Å². The van der Waals surface area contributed by atoms with Crippen LogP contribution < -0.4 is 5.73 Å². The van der Waals surface area contributed by atoms with Crippen molar-refractivity contribution in [1.29, 1.82) is 0 Å². The highest BCUT2D eigenvalue weighted by molar-refractivity contribution is 5.92. The zero-order valence-corrected chi connectivity index (χ0v) is 10.2. The highest BCUT2D eigenvalue weighted by atomic mass is 16.3. The van der Waals surface area contributed by atoms with Gasteiger partial charge >= 0.3 is 0 Å². The van der Waals surface area contributed by atoms with Crippen LogP contribution in [0.5, 0.6) is 0 Å². The fourth-order valence-corrected chi connectivity index (χ4v) is 1.76. The Morgan fingerprint density at radius 3 is 2.41 bits per heavy atom. The number of benzene rings is 1. The number of carbonyl (C=O) groups is 1. The molecule has 0 saturated carbocycles. The molecule has 0 saturated heterocycles. The molecule has 0 aliphatic carbocycles. The van der Waals surface area contributed by atoms with Gasteiger partial charge in [0.25, 0.3) is 0 Å². The smallest absolute Gasteiger partial charge is 0.248 e. The molecule has 1 rings (SSSR count). The van der Waals surface area contributed by atoms with Crippen molar-refractivity contribution in [2.45, 2.75) is 19.9 Å². The number of aliphatic hydroxyl groups is 1. The van der Waals surface area contributed by atoms with Gasteiger partial charge in [-0.05, 0) is 30.7 Å². The van der Waals surface area contributed by atoms with Gasteiger partial charge in [-0.15, -0.1) is 0 Å². The van der Waals surface area contributed by atoms with Crippen LogP contribution in [-0.2, 0) is 6.54 Å². The fraction of sp³-hybridized carbons (Fsp3) is 0.462. The van der Waals surface area contributed by atoms with Gasteiger partial charge in [-0.1, -0.05) is 19.1 Å². The number of nitrogens with two attached hydrogens (primary N) is 1. The topological polar surface area (TPSA) is 66.6 Å². The normalized spacial score (nSPS) is 10.8. The lowest BCUT2D eigenvalue weighted by molar-refractivity contribution is 0.100. The molecule has 0 heterocycles. The van der Waals surface area contributed by atoms with Crippen molar-refractivity contribution in [3.63, 3.8) is 0 Å². The van der Waals surface area contributed by atoms with E-state index in [1.807, 2.05) is 12.1 Å². The second-order valence-electron chi connectivity index (χ2n) is 4.06. The van der Waals surface area contributed by atoms with E-state index in [0.717, 1.165) is 25.1 Å². The monoisotopic (exact) mass is 236 g/mol. The van der Waals surface area contributed by atoms with Gasteiger partial charge in [0.15, 0.2) is 0 Å². The van der Waals surface area contributed by atoms with Gasteiger partial charge in [0.2, 0.25) is 5.91 Å². The number of aliphatic hydroxyl groups excluding tert-OH is 1. The molecule has 0 radical (unpaired) electrons. The summed E-state index contributed by atoms with van der Waals surface area (Å²) in [4.78, 5) is 13.1. The van der Waals surface area contributed by atoms with E-state index in [1.54, 1.807) is 12.1 Å². The Morgan fingerprint density at radius 2 is 1.94 bits per heavy atom. The first-order chi connectivity index (χ1) is 8.17. The van der Waals surface area contributed by atoms with E-state index in [-0.39, 0.29) is 6.61 Å². The average Bonchev–Trinajstić information content (AvgIpc) is 2.30. The number of primary amides is 1. The minimum atomic E-state index is -0.405. The van der Waals surface area contributed by atoms with Gasteiger partial charge in [-0.25, -0.2) is 0 Å². The van der Waals surface area contributed by atoms with Crippen LogP contribution >= 0.6 is 0 Å². The molecule has 17 heavy (non-hydrogen) atoms. The van der Waals surface area contributed by atoms with Gasteiger partial charge in [-0.3, -0.25) is 9.69 Å². The standard InChI is InChI=1S/C13H20N2O2/c1-2-7-15(8-9-16)10-11-3-5-12(6-4-11)13(14)17/h3-6,16H,2,7-10H2,1H3,(H2,14,17). The summed E-state index contributed by atoms with van der Waals surface area (Å²) in [6, 6.07) is 7.28. The van der Waals surface area contributed by atoms with E-state index in [2.05, 4.69) is 11.8 Å². The Labute approximate surface area is 102 Å². The second kappa shape index (κ2) is 7.04. The predicted octanol–water partition coefficient (Wildman–Crippen LogP) is 0.990. The van der Waals surface area contributed by atoms with Gasteiger partial charge in [0, 0.05) is 18.7 Å². The first kappa shape index (κ1) is 13.7. The van der Waals surface area contributed by atoms with Crippen LogP contribution in [0.3, 0.4) is 0 Å². The van der Waals surface area contributed by atoms with Crippen LogP contribution in [0.2, 0.25) is 0 Å². The molecule has 0 atom stereocenters. The van der Waals surface area contributed by atoms with E-state index in [9.17, 15) is 4.79 Å². The Kier molecular flexibility index (Phi) is 5.66. The van der Waals surface area contributed by atoms with Crippen molar-refractivity contribution in [2.75, 3.05) is 19.7 Å². The molecule has 3 N–H and O–H groups in total. The molecule has 1 amide bonds. The summed E-state index contributed by atoms with van der Waals surface area (Å²) in [5.74, 6) is -0.405. The molecule has 94 valence electrons. The first-order valence-corrected chi connectivity index (χ1v) is 5.89. The lowest BCUT2D eigenvalue weighted by Crippen LogP contribution is -2.27. The van der Waals surface area contributed by atoms with Crippen molar-refractivity contribution < 1.29 is 9.90 Å². The number of hydrogen-bond acceptors (Lipinski definition) is 3. The molecule has 0 aromatic heterocycles. The van der Waals surface area contributed by atoms with Crippen LogP contribution in [0.25, 0.3) is 0 Å². The van der Waals surface area contributed by atoms with E-state index in [0.29, 0.717) is 12.1 Å². The summed E-state index contributed by atoms with van der Waals surface area (Å²) in [6.45, 7) is 4.69. The summed E-state index contributed by atoms with van der Waals surface area (Å²) in [5, 5.41) is 8.96. The highest BCUT2D eigenvalue weighted by Gasteiger charge is 2.05. The molecule has 1 aromatic rings. The third kappa shape index (κ3) is 4.54. The van der Waals surface area contributed by atoms with E-state index in [4.69, 9.17) is 10.8 Å². The molecule has 0 unspecified atom stereocenters. The Balaban J connectivity index is 2.62. The largest absolute Gasteiger partial charge is 0.395 e. The van der Waals surface area contributed by atoms with Gasteiger partial charge in [-0.2, -0.15) is 0 Å². The lowest BCUT2D eigenvalue weighted by atomic mass is 10.1. The molecule has 0 spiro atoms. The second-order valence-corrected chi connectivity index (χ2v) is 4.06. The van der Waals surface area contributed by atoms with Crippen LogP contribution in [0.15, 0.2) is 24.3 Å². The zero-order chi connectivity index (χ0) is 12.7. The first-order valence-electron chi connectivity index (χ1n) is 5.89. The van der Waals surface area contributed by atoms with Crippen molar-refractivity contribution >= 4 is 5.91 Å². The van der Waals surface area contributed by atoms with E-state index in [1.165, 1.54) is 0 Å². The maximum absolute atomic E-state index is 10.9. The molecule has 4 heteroatoms. The van der Waals surface area contributed by atoms with E-state index >= 15 is 0 Å². The van der Waals surface area contributed by atoms with Crippen molar-refractivity contribution in [2.24, 2.45) is 5.73 Å². The maximum Gasteiger partial charge on any atom is 0.248 e. The molecular weight excluding hydrogens is 216 g/mol. The Bertz CT molecular complexity index is 343. The molecule has 0 aliphatic rings. The van der Waals surface area contributed by atoms with Crippen molar-refractivity contribution in [3.05, 3.63) is 35.4 Å². The summed E-state index contributed by atoms with van der Waals surface area (Å²) >= 11 is 0. The summed E-state index contributed by atoms with van der Waals surface area (Å²) < 4.78 is 0. The number of hydrogen-bond donors (Lipinski definition) is 2. The van der Waals surface area contributed by atoms with Gasteiger partial charge in [0.05, 0.1) is 6.61 Å². The molecule has 0 fully saturated rings. The van der Waals surface area contributed by atoms with Gasteiger partial charge in [0.1, 0.15) is 0 Å². The lowest BCUT2D eigenvalue weighted by Gasteiger charge is -2.20. The van der Waals surface area contributed by atoms with Crippen LogP contribution in [0.1, 0.15) is 29.3 Å². The molecular formula is C13H20N2O2. The fourth-order valence-electron chi connectivity index (χ4n) is 1.76. The number of amides is 1. The van der Waals surface area contributed by atoms with Crippen molar-refractivity contribution in [1.82, 2.24) is 4.90 Å². The Hall–Kier alpha value is -1.39. The third-order valence-electron chi connectivity index (χ3n) is 2.60. The number of nitrogens with zero attached hydrogens (tertiary/aromatic N) is 1. The summed E-state index contributed by atoms with van der Waals surface area (Å²) in [7, 11) is 0. The number of rotatable bonds is 7. The molecule has 0 bridgehead atoms. The van der Waals surface area contributed by atoms with Crippen LogP contribution in [0, 0.1) is 0 Å². The Morgan fingerprint density at radius 1 is 1.29 bits per heavy atom. The predicted molar refractivity (Wildman–Crippen MR) is 67.6 cm³/mol. The molecule has 4 nitrogen and oxygen atoms in total. The SMILES string of the molecule is CCCN(CCO)Cc1ccc(C(N)=O)cc1. The quantitative estimate of drug-likeness (QED) is 0.742. The minimum absolute atomic E-state index is 0.166. The van der Waals surface area contributed by atoms with Crippen LogP contribution in [0.4, 0.5) is 0 Å². The zero-order valence-electron chi connectivity index (χ0n) is 10.2. The average molecular weight is 236 g/mol. The van der Waals surface area contributed by atoms with E-state index < -0.39 is 5.91 Å². The summed E-state index contributed by atoms with van der Waals surface area (Å²) in [5.41, 5.74) is 6.83. The van der Waals surface area contributed by atoms with Crippen molar-refractivity contribution in [3.8, 4) is 0 Å². The molecule has 1 aromatic carbocycles. The minimum Gasteiger partial charge on any atom is -0.395 e. The third-order valence-corrected chi connectivity index (χ3v) is 2.60. The summed E-state index contributed by atoms with van der Waals surface area (Å²) in [6.07, 6.45) is 1.05. The van der Waals surface area contributed by atoms with Gasteiger partial charge < -0.3 is 10.8 Å². The molecule has 0 aliphatic heterocycles. The maximum atomic E-state index is 10.9. The highest BCUT2D eigenvalue weighted by Crippen LogP contribution is 2.07.